The third-order valence-electron chi connectivity index (χ3n) is 0.112. The molecule has 0 saturated heterocycles. The Morgan fingerprint density at radius 2 is 1.11 bits per heavy atom. The SMILES string of the molecule is [O]=[Pd]([Cl])([Cl])([Cl])([Cl])([Cl])[O]Cl. The molecule has 0 aliphatic rings. The molecule has 0 amide bonds. The van der Waals surface area contributed by atoms with Crippen LogP contribution >= 0.6 is 59.5 Å². The van der Waals surface area contributed by atoms with Crippen LogP contribution in [-0.4, -0.2) is 0 Å². The molecule has 0 aromatic heterocycles. The first kappa shape index (κ1) is 11.2. The van der Waals surface area contributed by atoms with Gasteiger partial charge in [-0.15, -0.1) is 0 Å². The Morgan fingerprint density at radius 1 is 1.00 bits per heavy atom. The molecule has 0 aromatic rings. The van der Waals surface area contributed by atoms with E-state index in [2.05, 4.69) is 14.9 Å². The topological polar surface area (TPSA) is 26.3 Å². The third-order valence-corrected chi connectivity index (χ3v) is 5.26. The van der Waals surface area contributed by atoms with Crippen LogP contribution in [0.3, 0.4) is 0 Å². The van der Waals surface area contributed by atoms with Crippen LogP contribution < -0.4 is 0 Å². The van der Waals surface area contributed by atoms with Crippen molar-refractivity contribution in [2.75, 3.05) is 0 Å². The summed E-state index contributed by atoms with van der Waals surface area (Å²) in [6.45, 7) is 0. The van der Waals surface area contributed by atoms with Crippen molar-refractivity contribution in [2.45, 2.75) is 0 Å². The van der Waals surface area contributed by atoms with Gasteiger partial charge in [0.2, 0.25) is 0 Å². The molecule has 0 unspecified atom stereocenters. The first-order valence-corrected chi connectivity index (χ1v) is 12.6. The zero-order valence-corrected chi connectivity index (χ0v) is 9.49. The van der Waals surface area contributed by atoms with Crippen LogP contribution in [0.4, 0.5) is 0 Å². The molecule has 0 heterocycles. The van der Waals surface area contributed by atoms with Crippen LogP contribution in [0.1, 0.15) is 0 Å². The fourth-order valence-electron chi connectivity index (χ4n) is 0. The molecular weight excluding hydrogens is 351 g/mol. The average Bonchev–Trinajstić information content (AvgIpc) is 1.27. The maximum atomic E-state index is 10.8. The monoisotopic (exact) mass is 348 g/mol. The van der Waals surface area contributed by atoms with E-state index in [1.807, 2.05) is 0 Å². The predicted octanol–water partition coefficient (Wildman–Crippen LogP) is 3.95. The summed E-state index contributed by atoms with van der Waals surface area (Å²) in [6.07, 6.45) is 0. The average molecular weight is 351 g/mol. The van der Waals surface area contributed by atoms with Gasteiger partial charge in [-0.05, 0) is 0 Å². The molecule has 9 heavy (non-hydrogen) atoms. The first-order chi connectivity index (χ1) is 3.24. The fourth-order valence-corrected chi connectivity index (χ4v) is 0. The van der Waals surface area contributed by atoms with E-state index in [0.717, 1.165) is 0 Å². The minimum atomic E-state index is -7.16. The van der Waals surface area contributed by atoms with Crippen molar-refractivity contribution in [2.24, 2.45) is 0 Å². The first-order valence-electron chi connectivity index (χ1n) is 1.01. The van der Waals surface area contributed by atoms with Gasteiger partial charge in [-0.3, -0.25) is 0 Å². The van der Waals surface area contributed by atoms with Crippen molar-refractivity contribution >= 4 is 59.5 Å². The second-order valence-corrected chi connectivity index (χ2v) is 33.9. The third kappa shape index (κ3) is 10.2. The summed E-state index contributed by atoms with van der Waals surface area (Å²) in [5.41, 5.74) is 0. The van der Waals surface area contributed by atoms with Crippen molar-refractivity contribution in [3.05, 3.63) is 0 Å². The fraction of sp³-hybridized carbons (Fsp3) is 0. The van der Waals surface area contributed by atoms with E-state index in [4.69, 9.17) is 47.6 Å². The molecule has 0 saturated carbocycles. The summed E-state index contributed by atoms with van der Waals surface area (Å²) in [5, 5.41) is 0. The van der Waals surface area contributed by atoms with Gasteiger partial charge in [-0.1, -0.05) is 0 Å². The normalized spacial score (nSPS) is 25.3. The molecular formula is Cl6O2Pd. The molecule has 0 aromatic carbocycles. The molecule has 0 fully saturated rings. The summed E-state index contributed by atoms with van der Waals surface area (Å²) >= 11 is 4.50. The van der Waals surface area contributed by atoms with Gasteiger partial charge in [0.25, 0.3) is 0 Å². The van der Waals surface area contributed by atoms with E-state index in [1.54, 1.807) is 0 Å². The Bertz CT molecular complexity index is 213. The molecule has 0 aliphatic carbocycles. The summed E-state index contributed by atoms with van der Waals surface area (Å²) in [6, 6.07) is 0. The van der Waals surface area contributed by atoms with Crippen molar-refractivity contribution < 1.29 is 13.6 Å². The molecule has 0 bridgehead atoms. The number of hydrogen-bond donors (Lipinski definition) is 0. The molecule has 9 heteroatoms. The zero-order chi connectivity index (χ0) is 8.09. The van der Waals surface area contributed by atoms with Crippen LogP contribution in [0.2, 0.25) is 0 Å². The van der Waals surface area contributed by atoms with E-state index < -0.39 is 7.10 Å². The Balaban J connectivity index is 5.50. The Morgan fingerprint density at radius 3 is 1.11 bits per heavy atom. The molecule has 0 rings (SSSR count). The van der Waals surface area contributed by atoms with Crippen molar-refractivity contribution in [3.8, 4) is 0 Å². The van der Waals surface area contributed by atoms with Gasteiger partial charge in [0.1, 0.15) is 0 Å². The molecule has 2 nitrogen and oxygen atoms in total. The van der Waals surface area contributed by atoms with Crippen LogP contribution in [0.25, 0.3) is 0 Å². The quantitative estimate of drug-likeness (QED) is 0.669. The molecule has 0 radical (unpaired) electrons. The van der Waals surface area contributed by atoms with E-state index in [-0.39, 0.29) is 0 Å². The predicted molar refractivity (Wildman–Crippen MR) is 36.9 cm³/mol. The minimum absolute atomic E-state index is 3.40. The second kappa shape index (κ2) is 1.46. The van der Waals surface area contributed by atoms with Gasteiger partial charge in [0.05, 0.1) is 0 Å². The van der Waals surface area contributed by atoms with Crippen LogP contribution in [0.5, 0.6) is 0 Å². The molecule has 0 spiro atoms. The standard InChI is InChI=1S/ClO.5ClH.O.Pd/c1-2;;;;;;;/h;5*1H;;/q-1;;;;;;;+6/p-5. The van der Waals surface area contributed by atoms with Crippen molar-refractivity contribution in [1.29, 1.82) is 0 Å². The molecule has 0 atom stereocenters. The molecule has 0 aliphatic heterocycles. The Labute approximate surface area is 72.3 Å². The summed E-state index contributed by atoms with van der Waals surface area (Å²) < 4.78 is 14.2. The van der Waals surface area contributed by atoms with Gasteiger partial charge in [-0.25, -0.2) is 0 Å². The van der Waals surface area contributed by atoms with Gasteiger partial charge < -0.3 is 0 Å². The van der Waals surface area contributed by atoms with E-state index in [9.17, 15) is 3.47 Å². The second-order valence-electron chi connectivity index (χ2n) is 1.04. The van der Waals surface area contributed by atoms with Crippen LogP contribution in [-0.2, 0) is 13.6 Å². The number of rotatable bonds is 1. The summed E-state index contributed by atoms with van der Waals surface area (Å²) in [7, 11) is 16.8. The Kier molecular flexibility index (Phi) is 1.81. The van der Waals surface area contributed by atoms with Crippen molar-refractivity contribution in [3.63, 3.8) is 0 Å². The molecule has 0 N–H and O–H groups in total. The van der Waals surface area contributed by atoms with Gasteiger partial charge in [0, 0.05) is 0 Å². The summed E-state index contributed by atoms with van der Waals surface area (Å²) in [5.74, 6) is 0. The Hall–Kier alpha value is 2.16. The maximum absolute atomic E-state index is 10.8. The zero-order valence-electron chi connectivity index (χ0n) is 3.40. The van der Waals surface area contributed by atoms with E-state index in [0.29, 0.717) is 0 Å². The van der Waals surface area contributed by atoms with Gasteiger partial charge in [0.15, 0.2) is 0 Å². The van der Waals surface area contributed by atoms with E-state index in [1.165, 1.54) is 0 Å². The summed E-state index contributed by atoms with van der Waals surface area (Å²) in [4.78, 5) is 0. The van der Waals surface area contributed by atoms with Crippen LogP contribution in [0, 0.1) is 0 Å². The van der Waals surface area contributed by atoms with Gasteiger partial charge >= 0.3 is 73.1 Å². The van der Waals surface area contributed by atoms with Crippen LogP contribution in [0.15, 0.2) is 0 Å². The molecule has 64 valence electrons. The van der Waals surface area contributed by atoms with Gasteiger partial charge in [-0.2, -0.15) is 0 Å². The number of hydrogen-bond acceptors (Lipinski definition) is 2. The number of halogens is 6. The van der Waals surface area contributed by atoms with Crippen molar-refractivity contribution in [1.82, 2.24) is 0 Å². The van der Waals surface area contributed by atoms with E-state index >= 15 is 0 Å².